The summed E-state index contributed by atoms with van der Waals surface area (Å²) in [6.45, 7) is 3.51. The van der Waals surface area contributed by atoms with Crippen molar-refractivity contribution >= 4 is 40.9 Å². The van der Waals surface area contributed by atoms with Gasteiger partial charge in [-0.1, -0.05) is 18.7 Å². The number of halogens is 1. The van der Waals surface area contributed by atoms with Crippen molar-refractivity contribution in [1.82, 2.24) is 9.55 Å². The van der Waals surface area contributed by atoms with E-state index in [-0.39, 0.29) is 28.3 Å². The van der Waals surface area contributed by atoms with Crippen molar-refractivity contribution in [3.05, 3.63) is 76.0 Å². The van der Waals surface area contributed by atoms with Gasteiger partial charge in [-0.05, 0) is 55.5 Å². The molecule has 4 rings (SSSR count). The van der Waals surface area contributed by atoms with Gasteiger partial charge in [0.15, 0.2) is 10.9 Å². The lowest BCUT2D eigenvalue weighted by molar-refractivity contribution is -0.113. The highest BCUT2D eigenvalue weighted by Crippen LogP contribution is 2.34. The highest BCUT2D eigenvalue weighted by molar-refractivity contribution is 8.00. The van der Waals surface area contributed by atoms with Crippen LogP contribution in [0.2, 0.25) is 0 Å². The van der Waals surface area contributed by atoms with E-state index >= 15 is 0 Å². The minimum Gasteiger partial charge on any atom is -0.325 e. The molecule has 1 N–H and O–H groups in total. The molecular weight excluding hydrogens is 449 g/mol. The lowest BCUT2D eigenvalue weighted by atomic mass is 10.1. The molecule has 0 fully saturated rings. The number of nitrogens with zero attached hydrogens (tertiary/aromatic N) is 2. The predicted molar refractivity (Wildman–Crippen MR) is 125 cm³/mol. The number of hydrogen-bond acceptors (Lipinski definition) is 6. The van der Waals surface area contributed by atoms with Gasteiger partial charge in [-0.2, -0.15) is 0 Å². The molecule has 0 saturated carbocycles. The predicted octanol–water partition coefficient (Wildman–Crippen LogP) is 4.34. The molecule has 0 radical (unpaired) electrons. The number of amides is 1. The fourth-order valence-electron chi connectivity index (χ4n) is 3.33. The number of benzene rings is 2. The third-order valence-corrected chi connectivity index (χ3v) is 7.03. The average molecular weight is 470 g/mol. The van der Waals surface area contributed by atoms with E-state index in [4.69, 9.17) is 0 Å². The summed E-state index contributed by atoms with van der Waals surface area (Å²) in [4.78, 5) is 42.4. The maximum Gasteiger partial charge on any atom is 0.272 e. The molecule has 1 aliphatic rings. The smallest absolute Gasteiger partial charge is 0.272 e. The van der Waals surface area contributed by atoms with Crippen molar-refractivity contribution in [3.8, 4) is 5.69 Å². The Morgan fingerprint density at radius 3 is 2.53 bits per heavy atom. The van der Waals surface area contributed by atoms with Gasteiger partial charge in [0.2, 0.25) is 5.91 Å². The molecular formula is C23H20FN3O3S2. The molecule has 32 heavy (non-hydrogen) atoms. The fraction of sp³-hybridized carbons (Fsp3) is 0.217. The van der Waals surface area contributed by atoms with E-state index in [1.165, 1.54) is 47.5 Å². The molecule has 2 heterocycles. The number of carbonyl (C=O) groups excluding carboxylic acids is 2. The van der Waals surface area contributed by atoms with Crippen molar-refractivity contribution in [2.45, 2.75) is 35.6 Å². The number of nitrogens with one attached hydrogen (secondary N) is 1. The summed E-state index contributed by atoms with van der Waals surface area (Å²) in [5.74, 6) is -0.687. The first-order valence-electron chi connectivity index (χ1n) is 9.94. The molecule has 1 aliphatic heterocycles. The van der Waals surface area contributed by atoms with Crippen LogP contribution in [0, 0.1) is 5.82 Å². The monoisotopic (exact) mass is 469 g/mol. The zero-order valence-electron chi connectivity index (χ0n) is 17.4. The molecule has 164 valence electrons. The van der Waals surface area contributed by atoms with E-state index in [2.05, 4.69) is 10.3 Å². The molecule has 1 aromatic heterocycles. The zero-order chi connectivity index (χ0) is 22.8. The van der Waals surface area contributed by atoms with Crippen molar-refractivity contribution < 1.29 is 14.0 Å². The molecule has 1 unspecified atom stereocenters. The Kier molecular flexibility index (Phi) is 6.48. The SMILES string of the molecule is CC(=O)c1ccc(NC(=O)CSc2nc3c(c(=O)n2-c2ccc(F)cc2)SC(C)C3)cc1. The van der Waals surface area contributed by atoms with Gasteiger partial charge in [-0.3, -0.25) is 19.0 Å². The second-order valence-electron chi connectivity index (χ2n) is 7.39. The zero-order valence-corrected chi connectivity index (χ0v) is 19.1. The summed E-state index contributed by atoms with van der Waals surface area (Å²) in [7, 11) is 0. The van der Waals surface area contributed by atoms with E-state index in [9.17, 15) is 18.8 Å². The van der Waals surface area contributed by atoms with Crippen molar-refractivity contribution in [2.24, 2.45) is 0 Å². The van der Waals surface area contributed by atoms with Crippen LogP contribution < -0.4 is 10.9 Å². The highest BCUT2D eigenvalue weighted by Gasteiger charge is 2.27. The van der Waals surface area contributed by atoms with Gasteiger partial charge < -0.3 is 5.32 Å². The van der Waals surface area contributed by atoms with Crippen molar-refractivity contribution in [2.75, 3.05) is 11.1 Å². The van der Waals surface area contributed by atoms with Gasteiger partial charge in [0.05, 0.1) is 22.0 Å². The van der Waals surface area contributed by atoms with Gasteiger partial charge in [0.1, 0.15) is 5.82 Å². The van der Waals surface area contributed by atoms with E-state index in [1.54, 1.807) is 24.3 Å². The maximum atomic E-state index is 13.4. The molecule has 0 saturated heterocycles. The minimum atomic E-state index is -0.400. The molecule has 0 aliphatic carbocycles. The van der Waals surface area contributed by atoms with Crippen LogP contribution in [0.15, 0.2) is 63.4 Å². The molecule has 6 nitrogen and oxygen atoms in total. The summed E-state index contributed by atoms with van der Waals surface area (Å²) in [6.07, 6.45) is 0.682. The van der Waals surface area contributed by atoms with E-state index < -0.39 is 5.82 Å². The molecule has 1 atom stereocenters. The number of ketones is 1. The molecule has 2 aromatic carbocycles. The number of rotatable bonds is 6. The Balaban J connectivity index is 1.57. The van der Waals surface area contributed by atoms with E-state index in [1.807, 2.05) is 6.92 Å². The first-order valence-corrected chi connectivity index (χ1v) is 11.8. The van der Waals surface area contributed by atoms with Gasteiger partial charge in [-0.15, -0.1) is 11.8 Å². The first kappa shape index (κ1) is 22.3. The number of anilines is 1. The Hall–Kier alpha value is -2.91. The Morgan fingerprint density at radius 2 is 1.88 bits per heavy atom. The van der Waals surface area contributed by atoms with Gasteiger partial charge >= 0.3 is 0 Å². The van der Waals surface area contributed by atoms with E-state index in [0.717, 1.165) is 17.5 Å². The molecule has 9 heteroatoms. The second kappa shape index (κ2) is 9.30. The van der Waals surface area contributed by atoms with Crippen LogP contribution in [0.1, 0.15) is 29.9 Å². The maximum absolute atomic E-state index is 13.4. The van der Waals surface area contributed by atoms with Crippen LogP contribution in [0.25, 0.3) is 5.69 Å². The van der Waals surface area contributed by atoms with Crippen LogP contribution in [-0.4, -0.2) is 32.2 Å². The van der Waals surface area contributed by atoms with Gasteiger partial charge in [0, 0.05) is 22.9 Å². The minimum absolute atomic E-state index is 0.0313. The van der Waals surface area contributed by atoms with Crippen LogP contribution >= 0.6 is 23.5 Å². The van der Waals surface area contributed by atoms with Crippen LogP contribution in [-0.2, 0) is 11.2 Å². The summed E-state index contributed by atoms with van der Waals surface area (Å²) in [5, 5.41) is 3.41. The third kappa shape index (κ3) is 4.78. The molecule has 3 aromatic rings. The lowest BCUT2D eigenvalue weighted by Crippen LogP contribution is -2.24. The number of fused-ring (bicyclic) bond motifs is 1. The summed E-state index contributed by atoms with van der Waals surface area (Å²) in [5.41, 5.74) is 2.15. The second-order valence-corrected chi connectivity index (χ2v) is 9.78. The third-order valence-electron chi connectivity index (χ3n) is 4.87. The standard InChI is InChI=1S/C23H20FN3O3S2/c1-13-11-19-21(32-13)22(30)27(18-9-5-16(24)6-10-18)23(26-19)31-12-20(29)25-17-7-3-15(4-8-17)14(2)28/h3-10,13H,11-12H2,1-2H3,(H,25,29). The number of aromatic nitrogens is 2. The lowest BCUT2D eigenvalue weighted by Gasteiger charge is -2.14. The number of Topliss-reactive ketones (excluding diaryl/α,β-unsaturated/α-hetero) is 1. The molecule has 0 spiro atoms. The Labute approximate surface area is 192 Å². The number of thioether (sulfide) groups is 2. The summed E-state index contributed by atoms with van der Waals surface area (Å²) in [6, 6.07) is 12.3. The van der Waals surface area contributed by atoms with Gasteiger partial charge in [0.25, 0.3) is 5.56 Å². The largest absolute Gasteiger partial charge is 0.325 e. The fourth-order valence-corrected chi connectivity index (χ4v) is 5.26. The van der Waals surface area contributed by atoms with Crippen LogP contribution in [0.3, 0.4) is 0 Å². The number of hydrogen-bond donors (Lipinski definition) is 1. The van der Waals surface area contributed by atoms with Gasteiger partial charge in [-0.25, -0.2) is 9.37 Å². The van der Waals surface area contributed by atoms with Crippen molar-refractivity contribution in [3.63, 3.8) is 0 Å². The van der Waals surface area contributed by atoms with Crippen LogP contribution in [0.5, 0.6) is 0 Å². The molecule has 0 bridgehead atoms. The summed E-state index contributed by atoms with van der Waals surface area (Å²) < 4.78 is 14.9. The normalized spacial score (nSPS) is 14.8. The van der Waals surface area contributed by atoms with E-state index in [0.29, 0.717) is 33.4 Å². The molecule has 1 amide bonds. The first-order chi connectivity index (χ1) is 15.3. The van der Waals surface area contributed by atoms with Crippen molar-refractivity contribution in [1.29, 1.82) is 0 Å². The quantitative estimate of drug-likeness (QED) is 0.329. The number of carbonyl (C=O) groups is 2. The van der Waals surface area contributed by atoms with Crippen LogP contribution in [0.4, 0.5) is 10.1 Å². The topological polar surface area (TPSA) is 81.1 Å². The summed E-state index contributed by atoms with van der Waals surface area (Å²) >= 11 is 2.63. The highest BCUT2D eigenvalue weighted by atomic mass is 32.2. The average Bonchev–Trinajstić information content (AvgIpc) is 3.14. The Bertz CT molecular complexity index is 1240. The Morgan fingerprint density at radius 1 is 1.19 bits per heavy atom.